The molecule has 0 aromatic heterocycles. The van der Waals surface area contributed by atoms with Crippen LogP contribution >= 0.6 is 0 Å². The average molecular weight is 176 g/mol. The second kappa shape index (κ2) is 3.21. The largest absolute Gasteiger partial charge is 0.497 e. The van der Waals surface area contributed by atoms with Crippen LogP contribution in [0, 0.1) is 5.92 Å². The van der Waals surface area contributed by atoms with Gasteiger partial charge in [-0.25, -0.2) is 0 Å². The maximum absolute atomic E-state index is 10.6. The predicted octanol–water partition coefficient (Wildman–Crippen LogP) is 1.61. The Morgan fingerprint density at radius 2 is 2.15 bits per heavy atom. The molecular weight excluding hydrogens is 164 g/mol. The van der Waals surface area contributed by atoms with Crippen molar-refractivity contribution in [3.63, 3.8) is 0 Å². The van der Waals surface area contributed by atoms with E-state index in [9.17, 15) is 4.79 Å². The molecule has 1 atom stereocenters. The molecule has 0 fully saturated rings. The zero-order valence-electron chi connectivity index (χ0n) is 7.62. The van der Waals surface area contributed by atoms with Crippen LogP contribution in [0.2, 0.25) is 0 Å². The lowest BCUT2D eigenvalue weighted by atomic mass is 10.1. The molecule has 0 saturated heterocycles. The Morgan fingerprint density at radius 1 is 1.38 bits per heavy atom. The highest BCUT2D eigenvalue weighted by atomic mass is 16.5. The number of hydrogen-bond donors (Lipinski definition) is 0. The van der Waals surface area contributed by atoms with Gasteiger partial charge in [0.05, 0.1) is 7.11 Å². The Balaban J connectivity index is 2.30. The third-order valence-corrected chi connectivity index (χ3v) is 2.57. The van der Waals surface area contributed by atoms with Crippen LogP contribution in [0.4, 0.5) is 0 Å². The molecule has 0 N–H and O–H groups in total. The summed E-state index contributed by atoms with van der Waals surface area (Å²) in [6.07, 6.45) is 2.81. The highest BCUT2D eigenvalue weighted by molar-refractivity contribution is 5.58. The quantitative estimate of drug-likeness (QED) is 0.640. The Labute approximate surface area is 77.5 Å². The van der Waals surface area contributed by atoms with Crippen LogP contribution in [0.3, 0.4) is 0 Å². The first-order chi connectivity index (χ1) is 6.33. The van der Waals surface area contributed by atoms with E-state index >= 15 is 0 Å². The number of fused-ring (bicyclic) bond motifs is 1. The number of carbonyl (C=O) groups is 1. The van der Waals surface area contributed by atoms with Crippen molar-refractivity contribution in [3.8, 4) is 5.75 Å². The van der Waals surface area contributed by atoms with Crippen molar-refractivity contribution in [3.05, 3.63) is 29.3 Å². The fraction of sp³-hybridized carbons (Fsp3) is 0.364. The summed E-state index contributed by atoms with van der Waals surface area (Å²) in [6.45, 7) is 0. The number of benzene rings is 1. The van der Waals surface area contributed by atoms with Crippen molar-refractivity contribution in [2.24, 2.45) is 5.92 Å². The molecule has 68 valence electrons. The highest BCUT2D eigenvalue weighted by Gasteiger charge is 2.20. The molecule has 2 nitrogen and oxygen atoms in total. The van der Waals surface area contributed by atoms with Gasteiger partial charge in [0.15, 0.2) is 0 Å². The second-order valence-corrected chi connectivity index (χ2v) is 3.44. The fourth-order valence-electron chi connectivity index (χ4n) is 1.85. The number of methoxy groups -OCH3 is 1. The zero-order chi connectivity index (χ0) is 9.26. The molecule has 0 heterocycles. The van der Waals surface area contributed by atoms with E-state index in [1.807, 2.05) is 12.1 Å². The molecule has 13 heavy (non-hydrogen) atoms. The standard InChI is InChI=1S/C11H12O2/c1-13-11-3-2-9-4-8(7-12)5-10(9)6-11/h2-3,6-8H,4-5H2,1H3. The highest BCUT2D eigenvalue weighted by Crippen LogP contribution is 2.28. The third kappa shape index (κ3) is 1.44. The van der Waals surface area contributed by atoms with Crippen LogP contribution in [0.5, 0.6) is 5.75 Å². The van der Waals surface area contributed by atoms with E-state index in [-0.39, 0.29) is 5.92 Å². The first-order valence-electron chi connectivity index (χ1n) is 4.44. The van der Waals surface area contributed by atoms with E-state index in [2.05, 4.69) is 6.07 Å². The second-order valence-electron chi connectivity index (χ2n) is 3.44. The molecule has 0 aliphatic heterocycles. The van der Waals surface area contributed by atoms with Gasteiger partial charge in [0.1, 0.15) is 12.0 Å². The van der Waals surface area contributed by atoms with E-state index in [1.54, 1.807) is 7.11 Å². The van der Waals surface area contributed by atoms with Crippen molar-refractivity contribution in [1.82, 2.24) is 0 Å². The van der Waals surface area contributed by atoms with Crippen molar-refractivity contribution < 1.29 is 9.53 Å². The third-order valence-electron chi connectivity index (χ3n) is 2.57. The van der Waals surface area contributed by atoms with Crippen molar-refractivity contribution in [2.75, 3.05) is 7.11 Å². The molecule has 1 unspecified atom stereocenters. The first kappa shape index (κ1) is 8.30. The van der Waals surface area contributed by atoms with Gasteiger partial charge in [-0.1, -0.05) is 6.07 Å². The monoisotopic (exact) mass is 176 g/mol. The summed E-state index contributed by atoms with van der Waals surface area (Å²) < 4.78 is 5.12. The topological polar surface area (TPSA) is 26.3 Å². The van der Waals surface area contributed by atoms with E-state index < -0.39 is 0 Å². The van der Waals surface area contributed by atoms with Gasteiger partial charge < -0.3 is 9.53 Å². The molecular formula is C11H12O2. The molecule has 0 radical (unpaired) electrons. The lowest BCUT2D eigenvalue weighted by Gasteiger charge is -2.02. The molecule has 0 amide bonds. The van der Waals surface area contributed by atoms with Crippen molar-refractivity contribution >= 4 is 6.29 Å². The Morgan fingerprint density at radius 3 is 2.85 bits per heavy atom. The van der Waals surface area contributed by atoms with Gasteiger partial charge in [0, 0.05) is 5.92 Å². The summed E-state index contributed by atoms with van der Waals surface area (Å²) >= 11 is 0. The van der Waals surface area contributed by atoms with E-state index in [0.717, 1.165) is 24.9 Å². The molecule has 1 aliphatic carbocycles. The summed E-state index contributed by atoms with van der Waals surface area (Å²) in [5.41, 5.74) is 2.55. The Hall–Kier alpha value is -1.31. The van der Waals surface area contributed by atoms with Crippen LogP contribution in [-0.2, 0) is 17.6 Å². The van der Waals surface area contributed by atoms with Crippen LogP contribution in [0.1, 0.15) is 11.1 Å². The summed E-state index contributed by atoms with van der Waals surface area (Å²) in [4.78, 5) is 10.6. The Bertz CT molecular complexity index is 331. The first-order valence-corrected chi connectivity index (χ1v) is 4.44. The van der Waals surface area contributed by atoms with E-state index in [4.69, 9.17) is 4.74 Å². The van der Waals surface area contributed by atoms with Crippen LogP contribution in [0.25, 0.3) is 0 Å². The molecule has 0 saturated carbocycles. The van der Waals surface area contributed by atoms with Gasteiger partial charge >= 0.3 is 0 Å². The SMILES string of the molecule is COc1ccc2c(c1)CC(C=O)C2. The van der Waals surface area contributed by atoms with Gasteiger partial charge in [-0.15, -0.1) is 0 Å². The lowest BCUT2D eigenvalue weighted by Crippen LogP contribution is -1.99. The van der Waals surface area contributed by atoms with Crippen molar-refractivity contribution in [1.29, 1.82) is 0 Å². The zero-order valence-corrected chi connectivity index (χ0v) is 7.62. The van der Waals surface area contributed by atoms with E-state index in [1.165, 1.54) is 11.1 Å². The fourth-order valence-corrected chi connectivity index (χ4v) is 1.85. The number of carbonyl (C=O) groups excluding carboxylic acids is 1. The van der Waals surface area contributed by atoms with Crippen LogP contribution in [0.15, 0.2) is 18.2 Å². The summed E-state index contributed by atoms with van der Waals surface area (Å²) in [7, 11) is 1.66. The smallest absolute Gasteiger partial charge is 0.123 e. The summed E-state index contributed by atoms with van der Waals surface area (Å²) in [5, 5.41) is 0. The molecule has 2 heteroatoms. The van der Waals surface area contributed by atoms with Gasteiger partial charge in [-0.05, 0) is 36.1 Å². The minimum Gasteiger partial charge on any atom is -0.497 e. The maximum atomic E-state index is 10.6. The summed E-state index contributed by atoms with van der Waals surface area (Å²) in [5.74, 6) is 1.06. The number of ether oxygens (including phenoxy) is 1. The average Bonchev–Trinajstić information content (AvgIpc) is 2.58. The number of rotatable bonds is 2. The number of hydrogen-bond acceptors (Lipinski definition) is 2. The van der Waals surface area contributed by atoms with Gasteiger partial charge in [-0.3, -0.25) is 0 Å². The predicted molar refractivity (Wildman–Crippen MR) is 50.0 cm³/mol. The Kier molecular flexibility index (Phi) is 2.05. The summed E-state index contributed by atoms with van der Waals surface area (Å²) in [6, 6.07) is 6.03. The molecule has 0 bridgehead atoms. The van der Waals surface area contributed by atoms with Gasteiger partial charge in [-0.2, -0.15) is 0 Å². The van der Waals surface area contributed by atoms with Crippen molar-refractivity contribution in [2.45, 2.75) is 12.8 Å². The molecule has 2 rings (SSSR count). The minimum atomic E-state index is 0.183. The normalized spacial score (nSPS) is 19.6. The molecule has 1 aromatic carbocycles. The lowest BCUT2D eigenvalue weighted by molar-refractivity contribution is -0.110. The maximum Gasteiger partial charge on any atom is 0.123 e. The van der Waals surface area contributed by atoms with E-state index in [0.29, 0.717) is 0 Å². The molecule has 1 aromatic rings. The molecule has 0 spiro atoms. The number of aldehydes is 1. The molecule has 1 aliphatic rings. The minimum absolute atomic E-state index is 0.183. The van der Waals surface area contributed by atoms with Gasteiger partial charge in [0.25, 0.3) is 0 Å². The van der Waals surface area contributed by atoms with Gasteiger partial charge in [0.2, 0.25) is 0 Å². The van der Waals surface area contributed by atoms with Crippen LogP contribution < -0.4 is 4.74 Å². The van der Waals surface area contributed by atoms with Crippen LogP contribution in [-0.4, -0.2) is 13.4 Å².